The van der Waals surface area contributed by atoms with E-state index in [4.69, 9.17) is 14.6 Å². The highest BCUT2D eigenvalue weighted by Crippen LogP contribution is 2.32. The molecule has 0 spiro atoms. The Bertz CT molecular complexity index is 553. The second-order valence-corrected chi connectivity index (χ2v) is 5.92. The second-order valence-electron chi connectivity index (χ2n) is 5.92. The van der Waals surface area contributed by atoms with Gasteiger partial charge in [0.05, 0.1) is 6.61 Å². The molecule has 2 heterocycles. The summed E-state index contributed by atoms with van der Waals surface area (Å²) in [5.74, 6) is 0.469. The zero-order valence-electron chi connectivity index (χ0n) is 13.2. The first-order chi connectivity index (χ1) is 11.3. The number of aliphatic hydroxyl groups is 1. The summed E-state index contributed by atoms with van der Waals surface area (Å²) >= 11 is 0. The van der Waals surface area contributed by atoms with Crippen LogP contribution in [0.5, 0.6) is 0 Å². The molecule has 0 unspecified atom stereocenters. The van der Waals surface area contributed by atoms with E-state index in [-0.39, 0.29) is 18.4 Å². The van der Waals surface area contributed by atoms with Crippen LogP contribution in [0.3, 0.4) is 0 Å². The lowest BCUT2D eigenvalue weighted by Crippen LogP contribution is -2.29. The molecule has 1 amide bonds. The van der Waals surface area contributed by atoms with Crippen molar-refractivity contribution >= 4 is 5.91 Å². The lowest BCUT2D eigenvalue weighted by atomic mass is 9.93. The van der Waals surface area contributed by atoms with E-state index in [9.17, 15) is 4.79 Å². The predicted octanol–water partition coefficient (Wildman–Crippen LogP) is 2.03. The number of rotatable bonds is 7. The molecule has 2 aliphatic rings. The van der Waals surface area contributed by atoms with Gasteiger partial charge in [0.15, 0.2) is 5.76 Å². The Morgan fingerprint density at radius 2 is 2.04 bits per heavy atom. The lowest BCUT2D eigenvalue weighted by Gasteiger charge is -2.29. The Balaban J connectivity index is 1.69. The van der Waals surface area contributed by atoms with E-state index in [1.165, 1.54) is 0 Å². The van der Waals surface area contributed by atoms with Crippen LogP contribution >= 0.6 is 0 Å². The molecule has 0 saturated carbocycles. The van der Waals surface area contributed by atoms with Crippen LogP contribution in [-0.4, -0.2) is 48.5 Å². The SMILES string of the molecule is O=C(C1=C[C@@H](c2ccccc2)C[C@@H](OCCCCO)O1)N1CC1. The molecule has 0 radical (unpaired) electrons. The fourth-order valence-electron chi connectivity index (χ4n) is 2.68. The van der Waals surface area contributed by atoms with Gasteiger partial charge in [-0.1, -0.05) is 30.3 Å². The van der Waals surface area contributed by atoms with Crippen molar-refractivity contribution < 1.29 is 19.4 Å². The molecular formula is C18H23NO4. The van der Waals surface area contributed by atoms with Crippen molar-refractivity contribution in [3.63, 3.8) is 0 Å². The minimum atomic E-state index is -0.414. The number of carbonyl (C=O) groups is 1. The maximum Gasteiger partial charge on any atom is 0.288 e. The Morgan fingerprint density at radius 3 is 2.74 bits per heavy atom. The van der Waals surface area contributed by atoms with Crippen molar-refractivity contribution in [1.29, 1.82) is 0 Å². The fraction of sp³-hybridized carbons (Fsp3) is 0.500. The van der Waals surface area contributed by atoms with Crippen LogP contribution in [0.25, 0.3) is 0 Å². The van der Waals surface area contributed by atoms with Crippen LogP contribution in [0.2, 0.25) is 0 Å². The van der Waals surface area contributed by atoms with Gasteiger partial charge in [-0.05, 0) is 24.5 Å². The standard InChI is InChI=1S/C18H23NO4/c20-10-4-5-11-22-17-13-15(14-6-2-1-3-7-14)12-16(23-17)18(21)19-8-9-19/h1-3,6-7,12,15,17,20H,4-5,8-11,13H2/t15-,17+/m1/s1. The van der Waals surface area contributed by atoms with Gasteiger partial charge in [-0.3, -0.25) is 4.79 Å². The van der Waals surface area contributed by atoms with E-state index >= 15 is 0 Å². The maximum absolute atomic E-state index is 12.3. The predicted molar refractivity (Wildman–Crippen MR) is 85.6 cm³/mol. The molecule has 0 aliphatic carbocycles. The molecular weight excluding hydrogens is 294 g/mol. The highest BCUT2D eigenvalue weighted by molar-refractivity contribution is 5.93. The van der Waals surface area contributed by atoms with Gasteiger partial charge in [-0.15, -0.1) is 0 Å². The smallest absolute Gasteiger partial charge is 0.288 e. The third-order valence-corrected chi connectivity index (χ3v) is 4.09. The average Bonchev–Trinajstić information content (AvgIpc) is 3.44. The van der Waals surface area contributed by atoms with Crippen molar-refractivity contribution in [3.05, 3.63) is 47.7 Å². The number of hydrogen-bond donors (Lipinski definition) is 1. The highest BCUT2D eigenvalue weighted by Gasteiger charge is 2.34. The quantitative estimate of drug-likeness (QED) is 0.617. The molecule has 1 fully saturated rings. The summed E-state index contributed by atoms with van der Waals surface area (Å²) in [6.45, 7) is 2.30. The first-order valence-electron chi connectivity index (χ1n) is 8.23. The van der Waals surface area contributed by atoms with Crippen LogP contribution in [-0.2, 0) is 14.3 Å². The summed E-state index contributed by atoms with van der Waals surface area (Å²) in [7, 11) is 0. The molecule has 1 saturated heterocycles. The number of carbonyl (C=O) groups excluding carboxylic acids is 1. The number of nitrogens with zero attached hydrogens (tertiary/aromatic N) is 1. The van der Waals surface area contributed by atoms with Gasteiger partial charge in [0.2, 0.25) is 6.29 Å². The van der Waals surface area contributed by atoms with Crippen LogP contribution in [0.4, 0.5) is 0 Å². The number of benzene rings is 1. The van der Waals surface area contributed by atoms with Crippen LogP contribution in [0.15, 0.2) is 42.2 Å². The molecule has 5 heteroatoms. The van der Waals surface area contributed by atoms with Crippen LogP contribution < -0.4 is 0 Å². The summed E-state index contributed by atoms with van der Waals surface area (Å²) in [4.78, 5) is 14.1. The Morgan fingerprint density at radius 1 is 1.26 bits per heavy atom. The van der Waals surface area contributed by atoms with Crippen molar-refractivity contribution in [2.45, 2.75) is 31.5 Å². The van der Waals surface area contributed by atoms with E-state index in [1.807, 2.05) is 24.3 Å². The van der Waals surface area contributed by atoms with E-state index in [0.29, 0.717) is 25.2 Å². The van der Waals surface area contributed by atoms with Gasteiger partial charge in [-0.25, -0.2) is 0 Å². The molecule has 124 valence electrons. The van der Waals surface area contributed by atoms with Crippen LogP contribution in [0, 0.1) is 0 Å². The molecule has 1 N–H and O–H groups in total. The monoisotopic (exact) mass is 317 g/mol. The van der Waals surface area contributed by atoms with E-state index in [2.05, 4.69) is 12.1 Å². The summed E-state index contributed by atoms with van der Waals surface area (Å²) in [6.07, 6.45) is 3.70. The maximum atomic E-state index is 12.3. The van der Waals surface area contributed by atoms with Crippen LogP contribution in [0.1, 0.15) is 30.7 Å². The molecule has 0 bridgehead atoms. The molecule has 5 nitrogen and oxygen atoms in total. The first kappa shape index (κ1) is 16.0. The normalized spacial score (nSPS) is 23.2. The molecule has 1 aromatic carbocycles. The fourth-order valence-corrected chi connectivity index (χ4v) is 2.68. The lowest BCUT2D eigenvalue weighted by molar-refractivity contribution is -0.149. The molecule has 0 aromatic heterocycles. The molecule has 2 atom stereocenters. The van der Waals surface area contributed by atoms with Gasteiger partial charge in [0.25, 0.3) is 5.91 Å². The average molecular weight is 317 g/mol. The van der Waals surface area contributed by atoms with E-state index in [1.54, 1.807) is 4.90 Å². The minimum absolute atomic E-state index is 0.0467. The summed E-state index contributed by atoms with van der Waals surface area (Å²) < 4.78 is 11.5. The van der Waals surface area contributed by atoms with Gasteiger partial charge in [0, 0.05) is 32.0 Å². The van der Waals surface area contributed by atoms with Gasteiger partial charge < -0.3 is 19.5 Å². The molecule has 2 aliphatic heterocycles. The van der Waals surface area contributed by atoms with Crippen molar-refractivity contribution in [2.75, 3.05) is 26.3 Å². The zero-order valence-corrected chi connectivity index (χ0v) is 13.2. The highest BCUT2D eigenvalue weighted by atomic mass is 16.7. The third kappa shape index (κ3) is 4.33. The largest absolute Gasteiger partial charge is 0.459 e. The molecule has 1 aromatic rings. The van der Waals surface area contributed by atoms with E-state index < -0.39 is 6.29 Å². The Kier molecular flexibility index (Phi) is 5.31. The summed E-state index contributed by atoms with van der Waals surface area (Å²) in [5.41, 5.74) is 1.16. The minimum Gasteiger partial charge on any atom is -0.459 e. The number of hydrogen-bond acceptors (Lipinski definition) is 4. The van der Waals surface area contributed by atoms with Crippen molar-refractivity contribution in [2.24, 2.45) is 0 Å². The number of aliphatic hydroxyl groups excluding tert-OH is 1. The number of amides is 1. The summed E-state index contributed by atoms with van der Waals surface area (Å²) in [5, 5.41) is 8.83. The van der Waals surface area contributed by atoms with Gasteiger partial charge in [-0.2, -0.15) is 0 Å². The summed E-state index contributed by atoms with van der Waals surface area (Å²) in [6, 6.07) is 10.1. The van der Waals surface area contributed by atoms with Crippen molar-refractivity contribution in [1.82, 2.24) is 4.90 Å². The van der Waals surface area contributed by atoms with Gasteiger partial charge in [0.1, 0.15) is 0 Å². The Labute approximate surface area is 136 Å². The molecule has 3 rings (SSSR count). The third-order valence-electron chi connectivity index (χ3n) is 4.09. The zero-order chi connectivity index (χ0) is 16.1. The topological polar surface area (TPSA) is 58.8 Å². The Hall–Kier alpha value is -1.85. The van der Waals surface area contributed by atoms with Gasteiger partial charge >= 0.3 is 0 Å². The number of ether oxygens (including phenoxy) is 2. The number of unbranched alkanes of at least 4 members (excludes halogenated alkanes) is 1. The second kappa shape index (κ2) is 7.62. The first-order valence-corrected chi connectivity index (χ1v) is 8.23. The molecule has 23 heavy (non-hydrogen) atoms. The van der Waals surface area contributed by atoms with E-state index in [0.717, 1.165) is 25.1 Å². The number of allylic oxidation sites excluding steroid dienone is 1. The van der Waals surface area contributed by atoms with Crippen molar-refractivity contribution in [3.8, 4) is 0 Å².